The predicted molar refractivity (Wildman–Crippen MR) is 47.4 cm³/mol. The number of hydrogen-bond acceptors (Lipinski definition) is 6. The molecular weight excluding hydrogens is 202 g/mol. The predicted octanol–water partition coefficient (Wildman–Crippen LogP) is 0.459. The molecule has 1 fully saturated rings. The molecule has 6 nitrogen and oxygen atoms in total. The van der Waals surface area contributed by atoms with Crippen molar-refractivity contribution in [2.45, 2.75) is 0 Å². The largest absolute Gasteiger partial charge is 0.250 e. The van der Waals surface area contributed by atoms with Crippen molar-refractivity contribution in [1.82, 2.24) is 5.06 Å². The van der Waals surface area contributed by atoms with E-state index in [1.165, 1.54) is 0 Å². The highest BCUT2D eigenvalue weighted by Crippen LogP contribution is 2.14. The summed E-state index contributed by atoms with van der Waals surface area (Å²) in [6, 6.07) is 0. The summed E-state index contributed by atoms with van der Waals surface area (Å²) < 4.78 is 27.8. The molecule has 0 spiro atoms. The molecule has 0 radical (unpaired) electrons. The van der Waals surface area contributed by atoms with Crippen LogP contribution in [0.5, 0.6) is 0 Å². The second-order valence-corrected chi connectivity index (χ2v) is 3.49. The molecule has 1 heterocycles. The van der Waals surface area contributed by atoms with Crippen LogP contribution in [0.4, 0.5) is 0 Å². The van der Waals surface area contributed by atoms with Crippen molar-refractivity contribution in [1.29, 1.82) is 0 Å². The van der Waals surface area contributed by atoms with E-state index < -0.39 is 15.3 Å². The molecule has 2 atom stereocenters. The first-order valence-corrected chi connectivity index (χ1v) is 5.64. The van der Waals surface area contributed by atoms with E-state index in [2.05, 4.69) is 27.7 Å². The van der Waals surface area contributed by atoms with Gasteiger partial charge in [-0.25, -0.2) is 24.3 Å². The standard InChI is InChI=1S/C3H6NO2P.CH4NO2P/c1-7(5)6-4-2-3-4;1-5(3)4-2/h1-3H2;1-2H2. The van der Waals surface area contributed by atoms with E-state index in [-0.39, 0.29) is 0 Å². The van der Waals surface area contributed by atoms with Crippen LogP contribution in [0.2, 0.25) is 0 Å². The fourth-order valence-electron chi connectivity index (χ4n) is 0.251. The lowest BCUT2D eigenvalue weighted by atomic mass is 11.0. The normalized spacial score (nSPS) is 17.4. The van der Waals surface area contributed by atoms with E-state index in [0.29, 0.717) is 0 Å². The smallest absolute Gasteiger partial charge is 0.249 e. The van der Waals surface area contributed by atoms with E-state index in [9.17, 15) is 9.13 Å². The Bertz CT molecular complexity index is 240. The number of hydrogen-bond donors (Lipinski definition) is 1. The van der Waals surface area contributed by atoms with Crippen molar-refractivity contribution in [2.75, 3.05) is 13.1 Å². The Labute approximate surface area is 71.2 Å². The van der Waals surface area contributed by atoms with Gasteiger partial charge in [0.25, 0.3) is 0 Å². The Morgan fingerprint density at radius 1 is 1.25 bits per heavy atom. The molecule has 1 aliphatic rings. The third-order valence-electron chi connectivity index (χ3n) is 0.730. The first kappa shape index (κ1) is 11.8. The van der Waals surface area contributed by atoms with Crippen molar-refractivity contribution in [3.05, 3.63) is 0 Å². The lowest BCUT2D eigenvalue weighted by molar-refractivity contribution is 0.0875. The fourth-order valence-corrected chi connectivity index (χ4v) is 0.672. The van der Waals surface area contributed by atoms with Crippen LogP contribution in [0.1, 0.15) is 0 Å². The lowest BCUT2D eigenvalue weighted by Crippen LogP contribution is -1.84. The van der Waals surface area contributed by atoms with Crippen molar-refractivity contribution >= 4 is 27.9 Å². The van der Waals surface area contributed by atoms with Gasteiger partial charge in [0, 0.05) is 13.1 Å². The van der Waals surface area contributed by atoms with Crippen LogP contribution in [-0.2, 0) is 18.4 Å². The van der Waals surface area contributed by atoms with Gasteiger partial charge >= 0.3 is 0 Å². The molecule has 12 heavy (non-hydrogen) atoms. The van der Waals surface area contributed by atoms with Crippen LogP contribution < -0.4 is 5.90 Å². The maximum atomic E-state index is 10.1. The summed E-state index contributed by atoms with van der Waals surface area (Å²) in [5, 5.41) is 1.60. The SMILES string of the molecule is C=P(=O)ON.C=P(=O)ON1CC1. The quantitative estimate of drug-likeness (QED) is 0.415. The van der Waals surface area contributed by atoms with Gasteiger partial charge in [0.05, 0.1) is 0 Å². The van der Waals surface area contributed by atoms with E-state index >= 15 is 0 Å². The molecule has 1 aliphatic heterocycles. The number of hydroxylamine groups is 2. The van der Waals surface area contributed by atoms with E-state index in [1.807, 2.05) is 0 Å². The van der Waals surface area contributed by atoms with Crippen LogP contribution in [-0.4, -0.2) is 30.8 Å². The molecule has 2 N–H and O–H groups in total. The molecule has 8 heteroatoms. The van der Waals surface area contributed by atoms with Crippen LogP contribution in [0.25, 0.3) is 0 Å². The van der Waals surface area contributed by atoms with Gasteiger partial charge < -0.3 is 0 Å². The molecule has 0 bridgehead atoms. The lowest BCUT2D eigenvalue weighted by Gasteiger charge is -1.86. The molecule has 1 saturated heterocycles. The third kappa shape index (κ3) is 9.78. The molecule has 0 aliphatic carbocycles. The van der Waals surface area contributed by atoms with Gasteiger partial charge in [0.1, 0.15) is 0 Å². The van der Waals surface area contributed by atoms with E-state index in [1.54, 1.807) is 5.06 Å². The highest BCUT2D eigenvalue weighted by Gasteiger charge is 2.18. The van der Waals surface area contributed by atoms with Gasteiger partial charge in [0.2, 0.25) is 15.3 Å². The molecule has 0 saturated carbocycles. The van der Waals surface area contributed by atoms with Gasteiger partial charge in [-0.05, 0) is 12.6 Å². The van der Waals surface area contributed by atoms with Gasteiger partial charge in [0.15, 0.2) is 0 Å². The zero-order valence-corrected chi connectivity index (χ0v) is 8.17. The minimum Gasteiger partial charge on any atom is -0.250 e. The molecular formula is C4H10N2O4P2. The van der Waals surface area contributed by atoms with Gasteiger partial charge in [-0.2, -0.15) is 5.06 Å². The molecule has 70 valence electrons. The van der Waals surface area contributed by atoms with Crippen LogP contribution in [0.15, 0.2) is 0 Å². The van der Waals surface area contributed by atoms with Crippen molar-refractivity contribution in [2.24, 2.45) is 5.90 Å². The summed E-state index contributed by atoms with van der Waals surface area (Å²) in [5.74, 6) is 4.33. The zero-order valence-electron chi connectivity index (χ0n) is 6.38. The topological polar surface area (TPSA) is 81.6 Å². The summed E-state index contributed by atoms with van der Waals surface area (Å²) in [6.07, 6.45) is 6.08. The average molecular weight is 212 g/mol. The van der Waals surface area contributed by atoms with Gasteiger partial charge in [-0.3, -0.25) is 0 Å². The first-order chi connectivity index (χ1) is 5.56. The van der Waals surface area contributed by atoms with Crippen molar-refractivity contribution in [3.8, 4) is 0 Å². The fraction of sp³-hybridized carbons (Fsp3) is 0.500. The minimum atomic E-state index is -1.82. The highest BCUT2D eigenvalue weighted by molar-refractivity contribution is 7.37. The van der Waals surface area contributed by atoms with Gasteiger partial charge in [-0.15, -0.1) is 0 Å². The van der Waals surface area contributed by atoms with E-state index in [4.69, 9.17) is 0 Å². The molecule has 0 aromatic rings. The Morgan fingerprint density at radius 3 is 1.75 bits per heavy atom. The second kappa shape index (κ2) is 6.31. The van der Waals surface area contributed by atoms with Gasteiger partial charge in [-0.1, -0.05) is 0 Å². The highest BCUT2D eigenvalue weighted by atomic mass is 31.1. The monoisotopic (exact) mass is 212 g/mol. The summed E-state index contributed by atoms with van der Waals surface area (Å²) in [6.45, 7) is 1.80. The average Bonchev–Trinajstić information content (AvgIpc) is 2.72. The summed E-state index contributed by atoms with van der Waals surface area (Å²) in [5.41, 5.74) is 0. The Hall–Kier alpha value is -0.220. The molecule has 0 aromatic carbocycles. The Kier molecular flexibility index (Phi) is 6.20. The maximum absolute atomic E-state index is 10.1. The number of rotatable bonds is 3. The Balaban J connectivity index is 0.000000217. The summed E-state index contributed by atoms with van der Waals surface area (Å²) in [7, 11) is -3.47. The molecule has 1 rings (SSSR count). The Morgan fingerprint density at radius 2 is 1.67 bits per heavy atom. The van der Waals surface area contributed by atoms with Crippen LogP contribution >= 0.6 is 15.3 Å². The molecule has 2 unspecified atom stereocenters. The zero-order chi connectivity index (χ0) is 9.56. The molecule has 0 aromatic heterocycles. The second-order valence-electron chi connectivity index (χ2n) is 1.78. The first-order valence-electron chi connectivity index (χ1n) is 2.91. The summed E-state index contributed by atoms with van der Waals surface area (Å²) >= 11 is 0. The third-order valence-corrected chi connectivity index (χ3v) is 1.38. The summed E-state index contributed by atoms with van der Waals surface area (Å²) in [4.78, 5) is 0. The van der Waals surface area contributed by atoms with Crippen molar-refractivity contribution < 1.29 is 18.4 Å². The van der Waals surface area contributed by atoms with Crippen LogP contribution in [0.3, 0.4) is 0 Å². The number of nitrogens with zero attached hydrogens (tertiary/aromatic N) is 1. The van der Waals surface area contributed by atoms with Crippen molar-refractivity contribution in [3.63, 3.8) is 0 Å². The maximum Gasteiger partial charge on any atom is 0.249 e. The van der Waals surface area contributed by atoms with Crippen LogP contribution in [0, 0.1) is 0 Å². The minimum absolute atomic E-state index is 0.899. The van der Waals surface area contributed by atoms with E-state index in [0.717, 1.165) is 13.1 Å². The number of nitrogens with two attached hydrogens (primary N) is 1. The molecule has 0 amide bonds.